The van der Waals surface area contributed by atoms with E-state index in [0.717, 1.165) is 5.56 Å². The number of likely N-dealkylation sites (tertiary alicyclic amines) is 1. The monoisotopic (exact) mass is 360 g/mol. The lowest BCUT2D eigenvalue weighted by Gasteiger charge is -2.36. The van der Waals surface area contributed by atoms with Crippen molar-refractivity contribution in [3.8, 4) is 0 Å². The fourth-order valence-electron chi connectivity index (χ4n) is 2.82. The summed E-state index contributed by atoms with van der Waals surface area (Å²) in [5.74, 6) is 0.00841. The first-order chi connectivity index (χ1) is 12.4. The Morgan fingerprint density at radius 2 is 2.08 bits per heavy atom. The largest absolute Gasteiger partial charge is 0.389 e. The minimum Gasteiger partial charge on any atom is -0.389 e. The Morgan fingerprint density at radius 3 is 2.65 bits per heavy atom. The first-order valence-electron chi connectivity index (χ1n) is 8.97. The topological polar surface area (TPSA) is 78.9 Å². The van der Waals surface area contributed by atoms with Crippen LogP contribution in [0, 0.1) is 5.92 Å². The van der Waals surface area contributed by atoms with Gasteiger partial charge in [0, 0.05) is 25.3 Å². The molecule has 1 aromatic rings. The van der Waals surface area contributed by atoms with Crippen molar-refractivity contribution in [2.24, 2.45) is 5.92 Å². The summed E-state index contributed by atoms with van der Waals surface area (Å²) >= 11 is 0. The summed E-state index contributed by atoms with van der Waals surface area (Å²) in [5.41, 5.74) is 1.47. The molecule has 6 heteroatoms. The highest BCUT2D eigenvalue weighted by molar-refractivity contribution is 5.94. The Hall–Kier alpha value is -2.18. The number of nitrogens with zero attached hydrogens (tertiary/aromatic N) is 1. The number of aliphatic hydroxyl groups is 1. The minimum atomic E-state index is -0.797. The molecule has 1 heterocycles. The lowest BCUT2D eigenvalue weighted by atomic mass is 10.0. The third-order valence-corrected chi connectivity index (χ3v) is 4.34. The van der Waals surface area contributed by atoms with E-state index in [9.17, 15) is 14.7 Å². The molecular weight excluding hydrogens is 332 g/mol. The first kappa shape index (κ1) is 20.1. The van der Waals surface area contributed by atoms with Crippen LogP contribution in [-0.4, -0.2) is 60.3 Å². The number of nitrogens with one attached hydrogen (secondary N) is 1. The second-order valence-electron chi connectivity index (χ2n) is 7.01. The van der Waals surface area contributed by atoms with Crippen molar-refractivity contribution in [1.29, 1.82) is 0 Å². The summed E-state index contributed by atoms with van der Waals surface area (Å²) in [6.07, 6.45) is 1.42. The Bertz CT molecular complexity index is 627. The SMILES string of the molecule is C=Cc1ccc(C(=O)NC2CCN(C(=O)COCC(C)C)CC2O)cc1. The quantitative estimate of drug-likeness (QED) is 0.776. The Morgan fingerprint density at radius 1 is 1.38 bits per heavy atom. The molecule has 1 aromatic carbocycles. The van der Waals surface area contributed by atoms with Crippen LogP contribution in [0.5, 0.6) is 0 Å². The minimum absolute atomic E-state index is 0.0254. The molecule has 0 aromatic heterocycles. The van der Waals surface area contributed by atoms with Gasteiger partial charge in [0.2, 0.25) is 5.91 Å². The molecule has 26 heavy (non-hydrogen) atoms. The fraction of sp³-hybridized carbons (Fsp3) is 0.500. The summed E-state index contributed by atoms with van der Waals surface area (Å²) in [5, 5.41) is 13.2. The second-order valence-corrected chi connectivity index (χ2v) is 7.01. The maximum absolute atomic E-state index is 12.3. The smallest absolute Gasteiger partial charge is 0.251 e. The Kier molecular flexibility index (Phi) is 7.36. The average molecular weight is 360 g/mol. The van der Waals surface area contributed by atoms with Gasteiger partial charge in [-0.2, -0.15) is 0 Å². The van der Waals surface area contributed by atoms with E-state index in [-0.39, 0.29) is 31.0 Å². The summed E-state index contributed by atoms with van der Waals surface area (Å²) in [4.78, 5) is 26.1. The zero-order valence-electron chi connectivity index (χ0n) is 15.5. The van der Waals surface area contributed by atoms with E-state index in [4.69, 9.17) is 4.74 Å². The van der Waals surface area contributed by atoms with E-state index in [1.165, 1.54) is 0 Å². The van der Waals surface area contributed by atoms with E-state index >= 15 is 0 Å². The third kappa shape index (κ3) is 5.68. The van der Waals surface area contributed by atoms with Crippen LogP contribution in [-0.2, 0) is 9.53 Å². The summed E-state index contributed by atoms with van der Waals surface area (Å²) < 4.78 is 5.36. The zero-order chi connectivity index (χ0) is 19.1. The van der Waals surface area contributed by atoms with Gasteiger partial charge in [0.05, 0.1) is 12.1 Å². The molecule has 0 aliphatic carbocycles. The molecule has 2 unspecified atom stereocenters. The molecule has 2 amide bonds. The van der Waals surface area contributed by atoms with Crippen molar-refractivity contribution >= 4 is 17.9 Å². The van der Waals surface area contributed by atoms with E-state index in [1.807, 2.05) is 26.0 Å². The van der Waals surface area contributed by atoms with Crippen molar-refractivity contribution in [2.75, 3.05) is 26.3 Å². The zero-order valence-corrected chi connectivity index (χ0v) is 15.5. The van der Waals surface area contributed by atoms with Gasteiger partial charge in [0.25, 0.3) is 5.91 Å². The number of piperidine rings is 1. The highest BCUT2D eigenvalue weighted by Gasteiger charge is 2.31. The average Bonchev–Trinajstić information content (AvgIpc) is 2.63. The highest BCUT2D eigenvalue weighted by Crippen LogP contribution is 2.13. The number of amides is 2. The van der Waals surface area contributed by atoms with Crippen molar-refractivity contribution in [3.63, 3.8) is 0 Å². The van der Waals surface area contributed by atoms with E-state index < -0.39 is 6.10 Å². The third-order valence-electron chi connectivity index (χ3n) is 4.34. The van der Waals surface area contributed by atoms with E-state index in [1.54, 1.807) is 23.1 Å². The number of hydrogen-bond donors (Lipinski definition) is 2. The van der Waals surface area contributed by atoms with Crippen molar-refractivity contribution in [2.45, 2.75) is 32.4 Å². The van der Waals surface area contributed by atoms with Crippen LogP contribution in [0.4, 0.5) is 0 Å². The van der Waals surface area contributed by atoms with Crippen LogP contribution in [0.1, 0.15) is 36.2 Å². The molecule has 6 nitrogen and oxygen atoms in total. The molecule has 1 saturated heterocycles. The molecule has 142 valence electrons. The maximum atomic E-state index is 12.3. The molecule has 1 fully saturated rings. The number of benzene rings is 1. The molecule has 0 bridgehead atoms. The van der Waals surface area contributed by atoms with E-state index in [0.29, 0.717) is 31.1 Å². The van der Waals surface area contributed by atoms with Crippen molar-refractivity contribution in [3.05, 3.63) is 42.0 Å². The van der Waals surface area contributed by atoms with Crippen molar-refractivity contribution in [1.82, 2.24) is 10.2 Å². The van der Waals surface area contributed by atoms with Gasteiger partial charge >= 0.3 is 0 Å². The predicted molar refractivity (Wildman–Crippen MR) is 101 cm³/mol. The molecule has 2 rings (SSSR count). The molecule has 2 N–H and O–H groups in total. The number of β-amino-alcohol motifs (C(OH)–C–C–N with tert-alkyl or cyclic N) is 1. The standard InChI is InChI=1S/C20H28N2O4/c1-4-15-5-7-16(8-6-15)20(25)21-17-9-10-22(11-18(17)23)19(24)13-26-12-14(2)3/h4-8,14,17-18,23H,1,9-13H2,2-3H3,(H,21,25). The van der Waals surface area contributed by atoms with Gasteiger partial charge in [-0.15, -0.1) is 0 Å². The van der Waals surface area contributed by atoms with Crippen LogP contribution < -0.4 is 5.32 Å². The fourth-order valence-corrected chi connectivity index (χ4v) is 2.82. The number of carbonyl (C=O) groups is 2. The molecule has 2 atom stereocenters. The molecule has 0 spiro atoms. The Labute approximate surface area is 154 Å². The normalized spacial score (nSPS) is 20.1. The number of aliphatic hydroxyl groups excluding tert-OH is 1. The molecular formula is C20H28N2O4. The van der Waals surface area contributed by atoms with Crippen LogP contribution in [0.2, 0.25) is 0 Å². The van der Waals surface area contributed by atoms with Gasteiger partial charge in [-0.25, -0.2) is 0 Å². The van der Waals surface area contributed by atoms with Gasteiger partial charge in [-0.3, -0.25) is 9.59 Å². The summed E-state index contributed by atoms with van der Waals surface area (Å²) in [7, 11) is 0. The van der Waals surface area contributed by atoms with Crippen LogP contribution in [0.15, 0.2) is 30.8 Å². The van der Waals surface area contributed by atoms with E-state index in [2.05, 4.69) is 11.9 Å². The lowest BCUT2D eigenvalue weighted by molar-refractivity contribution is -0.140. The van der Waals surface area contributed by atoms with Crippen LogP contribution >= 0.6 is 0 Å². The maximum Gasteiger partial charge on any atom is 0.251 e. The summed E-state index contributed by atoms with van der Waals surface area (Å²) in [6.45, 7) is 8.97. The van der Waals surface area contributed by atoms with Gasteiger partial charge in [0.15, 0.2) is 0 Å². The van der Waals surface area contributed by atoms with Crippen LogP contribution in [0.3, 0.4) is 0 Å². The van der Waals surface area contributed by atoms with Gasteiger partial charge in [-0.05, 0) is 30.0 Å². The first-order valence-corrected chi connectivity index (χ1v) is 8.97. The second kappa shape index (κ2) is 9.50. The molecule has 1 aliphatic rings. The molecule has 1 aliphatic heterocycles. The highest BCUT2D eigenvalue weighted by atomic mass is 16.5. The number of hydrogen-bond acceptors (Lipinski definition) is 4. The lowest BCUT2D eigenvalue weighted by Crippen LogP contribution is -2.55. The number of ether oxygens (including phenoxy) is 1. The van der Waals surface area contributed by atoms with Gasteiger partial charge in [0.1, 0.15) is 6.61 Å². The van der Waals surface area contributed by atoms with Gasteiger partial charge < -0.3 is 20.1 Å². The number of carbonyl (C=O) groups excluding carboxylic acids is 2. The Balaban J connectivity index is 1.83. The predicted octanol–water partition coefficient (Wildman–Crippen LogP) is 1.69. The molecule has 0 radical (unpaired) electrons. The van der Waals surface area contributed by atoms with Crippen LogP contribution in [0.25, 0.3) is 6.08 Å². The number of rotatable bonds is 7. The molecule has 0 saturated carbocycles. The van der Waals surface area contributed by atoms with Gasteiger partial charge in [-0.1, -0.05) is 38.6 Å². The van der Waals surface area contributed by atoms with Crippen molar-refractivity contribution < 1.29 is 19.4 Å². The summed E-state index contributed by atoms with van der Waals surface area (Å²) in [6, 6.07) is 6.71.